The molecule has 2 aliphatic rings. The summed E-state index contributed by atoms with van der Waals surface area (Å²) in [6, 6.07) is 17.8. The van der Waals surface area contributed by atoms with Crippen LogP contribution in [0.2, 0.25) is 0 Å². The van der Waals surface area contributed by atoms with Crippen molar-refractivity contribution in [3.8, 4) is 5.75 Å². The number of carbonyl (C=O) groups is 2. The number of para-hydroxylation sites is 1. The number of ether oxygens (including phenoxy) is 1. The monoisotopic (exact) mass is 406 g/mol. The molecule has 30 heavy (non-hydrogen) atoms. The first-order valence-corrected chi connectivity index (χ1v) is 10.9. The number of carbonyl (C=O) groups excluding carboxylic acids is 2. The van der Waals surface area contributed by atoms with E-state index in [0.717, 1.165) is 37.9 Å². The van der Waals surface area contributed by atoms with Crippen molar-refractivity contribution in [2.75, 3.05) is 26.2 Å². The topological polar surface area (TPSA) is 49.9 Å². The van der Waals surface area contributed by atoms with E-state index in [-0.39, 0.29) is 24.5 Å². The Morgan fingerprint density at radius 3 is 2.53 bits per heavy atom. The third kappa shape index (κ3) is 4.66. The number of amides is 2. The van der Waals surface area contributed by atoms with Crippen molar-refractivity contribution < 1.29 is 14.3 Å². The molecule has 0 aromatic heterocycles. The molecule has 0 spiro atoms. The van der Waals surface area contributed by atoms with E-state index in [1.165, 1.54) is 5.56 Å². The maximum Gasteiger partial charge on any atom is 0.260 e. The van der Waals surface area contributed by atoms with Gasteiger partial charge in [0.2, 0.25) is 5.91 Å². The summed E-state index contributed by atoms with van der Waals surface area (Å²) < 4.78 is 5.64. The second-order valence-electron chi connectivity index (χ2n) is 8.39. The molecule has 0 aliphatic carbocycles. The van der Waals surface area contributed by atoms with E-state index in [1.54, 1.807) is 0 Å². The highest BCUT2D eigenvalue weighted by atomic mass is 16.5. The molecule has 5 nitrogen and oxygen atoms in total. The Hall–Kier alpha value is -2.82. The Kier molecular flexibility index (Phi) is 6.36. The largest absolute Gasteiger partial charge is 0.484 e. The first kappa shape index (κ1) is 20.5. The van der Waals surface area contributed by atoms with Gasteiger partial charge in [-0.2, -0.15) is 0 Å². The van der Waals surface area contributed by atoms with Crippen molar-refractivity contribution >= 4 is 11.8 Å². The third-order valence-electron chi connectivity index (χ3n) is 6.45. The molecule has 2 fully saturated rings. The number of hydrogen-bond acceptors (Lipinski definition) is 3. The molecule has 2 amide bonds. The average Bonchev–Trinajstić information content (AvgIpc) is 2.79. The summed E-state index contributed by atoms with van der Waals surface area (Å²) in [6.07, 6.45) is 3.38. The standard InChI is InChI=1S/C25H30N2O3/c1-19-8-5-6-9-20(19)16-24(28)27-14-7-10-21-17-26(15-13-23(21)27)25(29)18-30-22-11-3-2-4-12-22/h2-6,8-9,11-12,21,23H,7,10,13-18H2,1H3/t21-,23+/m1/s1. The number of likely N-dealkylation sites (tertiary alicyclic amines) is 2. The molecule has 2 aliphatic heterocycles. The number of nitrogens with zero attached hydrogens (tertiary/aromatic N) is 2. The molecule has 2 aromatic rings. The molecule has 158 valence electrons. The maximum atomic E-state index is 13.1. The molecule has 0 unspecified atom stereocenters. The molecule has 0 radical (unpaired) electrons. The fraction of sp³-hybridized carbons (Fsp3) is 0.440. The summed E-state index contributed by atoms with van der Waals surface area (Å²) in [5.74, 6) is 1.31. The van der Waals surface area contributed by atoms with Crippen molar-refractivity contribution in [1.82, 2.24) is 9.80 Å². The summed E-state index contributed by atoms with van der Waals surface area (Å²) >= 11 is 0. The zero-order valence-corrected chi connectivity index (χ0v) is 17.6. The van der Waals surface area contributed by atoms with Gasteiger partial charge in [-0.25, -0.2) is 0 Å². The van der Waals surface area contributed by atoms with Crippen LogP contribution >= 0.6 is 0 Å². The minimum atomic E-state index is 0.0284. The number of aryl methyl sites for hydroxylation is 1. The highest BCUT2D eigenvalue weighted by Gasteiger charge is 2.39. The van der Waals surface area contributed by atoms with E-state index >= 15 is 0 Å². The van der Waals surface area contributed by atoms with Crippen molar-refractivity contribution in [2.24, 2.45) is 5.92 Å². The first-order chi connectivity index (χ1) is 14.6. The smallest absolute Gasteiger partial charge is 0.260 e. The van der Waals surface area contributed by atoms with Crippen molar-refractivity contribution in [1.29, 1.82) is 0 Å². The van der Waals surface area contributed by atoms with Gasteiger partial charge >= 0.3 is 0 Å². The molecule has 0 saturated carbocycles. The van der Waals surface area contributed by atoms with Gasteiger partial charge in [-0.15, -0.1) is 0 Å². The molecule has 0 N–H and O–H groups in total. The van der Waals surface area contributed by atoms with Crippen LogP contribution in [0.5, 0.6) is 5.75 Å². The van der Waals surface area contributed by atoms with Crippen LogP contribution in [-0.2, 0) is 16.0 Å². The number of rotatable bonds is 5. The fourth-order valence-electron chi connectivity index (χ4n) is 4.77. The lowest BCUT2D eigenvalue weighted by molar-refractivity contribution is -0.142. The fourth-order valence-corrected chi connectivity index (χ4v) is 4.77. The normalized spacial score (nSPS) is 21.1. The van der Waals surface area contributed by atoms with Crippen LogP contribution in [0.3, 0.4) is 0 Å². The van der Waals surface area contributed by atoms with Gasteiger partial charge in [0.05, 0.1) is 6.42 Å². The van der Waals surface area contributed by atoms with Gasteiger partial charge in [-0.1, -0.05) is 42.5 Å². The van der Waals surface area contributed by atoms with Gasteiger partial charge in [-0.3, -0.25) is 9.59 Å². The number of benzene rings is 2. The zero-order valence-electron chi connectivity index (χ0n) is 17.6. The molecular weight excluding hydrogens is 376 g/mol. The van der Waals surface area contributed by atoms with E-state index in [4.69, 9.17) is 4.74 Å². The molecule has 2 saturated heterocycles. The van der Waals surface area contributed by atoms with Gasteiger partial charge in [0.1, 0.15) is 5.75 Å². The predicted molar refractivity (Wildman–Crippen MR) is 116 cm³/mol. The van der Waals surface area contributed by atoms with Gasteiger partial charge < -0.3 is 14.5 Å². The highest BCUT2D eigenvalue weighted by molar-refractivity contribution is 5.80. The van der Waals surface area contributed by atoms with Gasteiger partial charge in [-0.05, 0) is 55.4 Å². The second kappa shape index (κ2) is 9.33. The summed E-state index contributed by atoms with van der Waals surface area (Å²) in [6.45, 7) is 4.36. The molecular formula is C25H30N2O3. The lowest BCUT2D eigenvalue weighted by atomic mass is 9.83. The van der Waals surface area contributed by atoms with Gasteiger partial charge in [0.25, 0.3) is 5.91 Å². The summed E-state index contributed by atoms with van der Waals surface area (Å²) in [5.41, 5.74) is 2.27. The van der Waals surface area contributed by atoms with Crippen LogP contribution in [0.15, 0.2) is 54.6 Å². The Morgan fingerprint density at radius 1 is 0.967 bits per heavy atom. The molecule has 0 bridgehead atoms. The summed E-state index contributed by atoms with van der Waals surface area (Å²) in [5, 5.41) is 0. The van der Waals surface area contributed by atoms with Crippen molar-refractivity contribution in [3.63, 3.8) is 0 Å². The minimum absolute atomic E-state index is 0.0284. The number of hydrogen-bond donors (Lipinski definition) is 0. The third-order valence-corrected chi connectivity index (χ3v) is 6.45. The number of fused-ring (bicyclic) bond motifs is 1. The van der Waals surface area contributed by atoms with Crippen molar-refractivity contribution in [2.45, 2.75) is 38.6 Å². The van der Waals surface area contributed by atoms with E-state index in [2.05, 4.69) is 17.9 Å². The first-order valence-electron chi connectivity index (χ1n) is 10.9. The van der Waals surface area contributed by atoms with Gasteiger partial charge in [0, 0.05) is 25.7 Å². The van der Waals surface area contributed by atoms with Gasteiger partial charge in [0.15, 0.2) is 6.61 Å². The predicted octanol–water partition coefficient (Wildman–Crippen LogP) is 3.46. The van der Waals surface area contributed by atoms with Crippen LogP contribution in [0.4, 0.5) is 0 Å². The Balaban J connectivity index is 1.34. The summed E-state index contributed by atoms with van der Waals surface area (Å²) in [7, 11) is 0. The van der Waals surface area contributed by atoms with Crippen molar-refractivity contribution in [3.05, 3.63) is 65.7 Å². The summed E-state index contributed by atoms with van der Waals surface area (Å²) in [4.78, 5) is 29.7. The molecule has 2 atom stereocenters. The zero-order chi connectivity index (χ0) is 20.9. The van der Waals surface area contributed by atoms with E-state index in [1.807, 2.05) is 53.4 Å². The molecule has 2 heterocycles. The van der Waals surface area contributed by atoms with Crippen LogP contribution in [0.25, 0.3) is 0 Å². The van der Waals surface area contributed by atoms with Crippen LogP contribution < -0.4 is 4.74 Å². The minimum Gasteiger partial charge on any atom is -0.484 e. The van der Waals surface area contributed by atoms with E-state index in [9.17, 15) is 9.59 Å². The second-order valence-corrected chi connectivity index (χ2v) is 8.39. The Morgan fingerprint density at radius 2 is 1.73 bits per heavy atom. The van der Waals surface area contributed by atoms with Crippen LogP contribution in [0.1, 0.15) is 30.4 Å². The highest BCUT2D eigenvalue weighted by Crippen LogP contribution is 2.31. The Labute approximate surface area is 178 Å². The lowest BCUT2D eigenvalue weighted by Crippen LogP contribution is -2.57. The quantitative estimate of drug-likeness (QED) is 0.764. The molecule has 5 heteroatoms. The van der Waals surface area contributed by atoms with E-state index < -0.39 is 0 Å². The average molecular weight is 407 g/mol. The SMILES string of the molecule is Cc1ccccc1CC(=O)N1CCC[C@@H]2CN(C(=O)COc3ccccc3)CC[C@@H]21. The van der Waals surface area contributed by atoms with Crippen LogP contribution in [-0.4, -0.2) is 53.9 Å². The van der Waals surface area contributed by atoms with Crippen LogP contribution in [0, 0.1) is 12.8 Å². The Bertz CT molecular complexity index is 883. The molecule has 2 aromatic carbocycles. The maximum absolute atomic E-state index is 13.1. The van der Waals surface area contributed by atoms with E-state index in [0.29, 0.717) is 24.6 Å². The lowest BCUT2D eigenvalue weighted by Gasteiger charge is -2.47. The molecule has 4 rings (SSSR count). The number of piperidine rings is 2.